The van der Waals surface area contributed by atoms with E-state index in [1.165, 1.54) is 6.92 Å². The molecule has 1 rings (SSSR count). The van der Waals surface area contributed by atoms with Crippen LogP contribution in [0.25, 0.3) is 0 Å². The maximum atomic E-state index is 11.1. The molecule has 1 aromatic rings. The highest BCUT2D eigenvalue weighted by Gasteiger charge is 2.00. The molecule has 0 bridgehead atoms. The van der Waals surface area contributed by atoms with Crippen molar-refractivity contribution in [1.29, 1.82) is 0 Å². The molecule has 0 unspecified atom stereocenters. The maximum absolute atomic E-state index is 11.1. The summed E-state index contributed by atoms with van der Waals surface area (Å²) >= 11 is 5.71. The largest absolute Gasteiger partial charge is 0.333 e. The first-order valence-electron chi connectivity index (χ1n) is 4.63. The summed E-state index contributed by atoms with van der Waals surface area (Å²) in [6.45, 7) is 1.67. The minimum Gasteiger partial charge on any atom is -0.333 e. The zero-order valence-electron chi connectivity index (χ0n) is 8.71. The second-order valence-corrected chi connectivity index (χ2v) is 3.55. The molecule has 0 aromatic heterocycles. The Hall–Kier alpha value is -1.75. The van der Waals surface area contributed by atoms with Crippen LogP contribution in [0.2, 0.25) is 5.02 Å². The molecule has 1 aromatic carbocycles. The molecule has 6 heteroatoms. The summed E-state index contributed by atoms with van der Waals surface area (Å²) in [5.74, 6) is -0.332. The number of carbonyl (C=O) groups excluding carboxylic acids is 2. The molecule has 0 radical (unpaired) electrons. The van der Waals surface area contributed by atoms with Gasteiger partial charge in [0.1, 0.15) is 0 Å². The molecular formula is C10H12ClN3O2. The van der Waals surface area contributed by atoms with E-state index in [0.717, 1.165) is 5.56 Å². The summed E-state index contributed by atoms with van der Waals surface area (Å²) < 4.78 is 0. The van der Waals surface area contributed by atoms with Gasteiger partial charge in [-0.1, -0.05) is 23.7 Å². The van der Waals surface area contributed by atoms with Crippen LogP contribution in [0.3, 0.4) is 0 Å². The number of urea groups is 1. The van der Waals surface area contributed by atoms with Gasteiger partial charge in [-0.2, -0.15) is 0 Å². The normalized spacial score (nSPS) is 9.38. The van der Waals surface area contributed by atoms with Crippen LogP contribution in [-0.2, 0) is 11.3 Å². The minimum absolute atomic E-state index is 0.332. The predicted molar refractivity (Wildman–Crippen MR) is 60.6 cm³/mol. The minimum atomic E-state index is -0.467. The molecule has 5 nitrogen and oxygen atoms in total. The fourth-order valence-electron chi connectivity index (χ4n) is 0.974. The standard InChI is InChI=1S/C10H12ClN3O2/c1-7(15)13-14-10(16)12-6-8-2-4-9(11)5-3-8/h2-5H,6H2,1H3,(H,13,15)(H2,12,14,16). The van der Waals surface area contributed by atoms with Crippen LogP contribution in [-0.4, -0.2) is 11.9 Å². The highest BCUT2D eigenvalue weighted by atomic mass is 35.5. The second-order valence-electron chi connectivity index (χ2n) is 3.12. The lowest BCUT2D eigenvalue weighted by molar-refractivity contribution is -0.119. The fourth-order valence-corrected chi connectivity index (χ4v) is 1.10. The van der Waals surface area contributed by atoms with Crippen LogP contribution in [0.5, 0.6) is 0 Å². The van der Waals surface area contributed by atoms with Gasteiger partial charge >= 0.3 is 6.03 Å². The Balaban J connectivity index is 2.31. The average Bonchev–Trinajstić information content (AvgIpc) is 2.25. The van der Waals surface area contributed by atoms with Gasteiger partial charge in [0, 0.05) is 18.5 Å². The molecule has 16 heavy (non-hydrogen) atoms. The Kier molecular flexibility index (Phi) is 4.60. The number of benzene rings is 1. The van der Waals surface area contributed by atoms with Crippen molar-refractivity contribution in [2.45, 2.75) is 13.5 Å². The van der Waals surface area contributed by atoms with E-state index in [9.17, 15) is 9.59 Å². The lowest BCUT2D eigenvalue weighted by Crippen LogP contribution is -2.45. The summed E-state index contributed by atoms with van der Waals surface area (Å²) in [5, 5.41) is 3.21. The summed E-state index contributed by atoms with van der Waals surface area (Å²) in [4.78, 5) is 21.6. The molecule has 3 N–H and O–H groups in total. The first kappa shape index (κ1) is 12.3. The summed E-state index contributed by atoms with van der Waals surface area (Å²) in [6, 6.07) is 6.63. The van der Waals surface area contributed by atoms with Gasteiger partial charge in [-0.05, 0) is 17.7 Å². The smallest absolute Gasteiger partial charge is 0.333 e. The SMILES string of the molecule is CC(=O)NNC(=O)NCc1ccc(Cl)cc1. The molecular weight excluding hydrogens is 230 g/mol. The van der Waals surface area contributed by atoms with Gasteiger partial charge in [0.25, 0.3) is 0 Å². The molecule has 86 valence electrons. The molecule has 3 amide bonds. The van der Waals surface area contributed by atoms with Crippen molar-refractivity contribution in [2.24, 2.45) is 0 Å². The summed E-state index contributed by atoms with van der Waals surface area (Å²) in [7, 11) is 0. The molecule has 0 saturated heterocycles. The van der Waals surface area contributed by atoms with E-state index in [4.69, 9.17) is 11.6 Å². The predicted octanol–water partition coefficient (Wildman–Crippen LogP) is 1.19. The molecule has 0 atom stereocenters. The highest BCUT2D eigenvalue weighted by molar-refractivity contribution is 6.30. The summed E-state index contributed by atoms with van der Waals surface area (Å²) in [6.07, 6.45) is 0. The number of carbonyl (C=O) groups is 2. The van der Waals surface area contributed by atoms with E-state index in [2.05, 4.69) is 16.2 Å². The van der Waals surface area contributed by atoms with Crippen LogP contribution in [0.4, 0.5) is 4.79 Å². The Morgan fingerprint density at radius 1 is 1.19 bits per heavy atom. The van der Waals surface area contributed by atoms with E-state index >= 15 is 0 Å². The number of rotatable bonds is 2. The molecule has 0 aliphatic heterocycles. The maximum Gasteiger partial charge on any atom is 0.333 e. The number of nitrogens with one attached hydrogen (secondary N) is 3. The lowest BCUT2D eigenvalue weighted by atomic mass is 10.2. The van der Waals surface area contributed by atoms with E-state index in [1.54, 1.807) is 24.3 Å². The molecule has 0 aliphatic rings. The topological polar surface area (TPSA) is 70.2 Å². The lowest BCUT2D eigenvalue weighted by Gasteiger charge is -2.07. The highest BCUT2D eigenvalue weighted by Crippen LogP contribution is 2.08. The third-order valence-corrected chi connectivity index (χ3v) is 1.97. The van der Waals surface area contributed by atoms with Crippen molar-refractivity contribution in [3.05, 3.63) is 34.9 Å². The zero-order valence-corrected chi connectivity index (χ0v) is 9.47. The summed E-state index contributed by atoms with van der Waals surface area (Å²) in [5.41, 5.74) is 5.28. The average molecular weight is 242 g/mol. The third kappa shape index (κ3) is 4.65. The first-order valence-corrected chi connectivity index (χ1v) is 5.00. The quantitative estimate of drug-likeness (QED) is 0.681. The van der Waals surface area contributed by atoms with E-state index in [0.29, 0.717) is 11.6 Å². The van der Waals surface area contributed by atoms with Crippen molar-refractivity contribution in [2.75, 3.05) is 0 Å². The van der Waals surface area contributed by atoms with Crippen LogP contribution in [0.15, 0.2) is 24.3 Å². The van der Waals surface area contributed by atoms with Crippen LogP contribution >= 0.6 is 11.6 Å². The van der Waals surface area contributed by atoms with Gasteiger partial charge in [0.15, 0.2) is 0 Å². The number of hydrogen-bond acceptors (Lipinski definition) is 2. The molecule has 0 heterocycles. The van der Waals surface area contributed by atoms with Gasteiger partial charge in [0.05, 0.1) is 0 Å². The van der Waals surface area contributed by atoms with Crippen LogP contribution in [0, 0.1) is 0 Å². The van der Waals surface area contributed by atoms with E-state index in [1.807, 2.05) is 0 Å². The van der Waals surface area contributed by atoms with Crippen molar-refractivity contribution >= 4 is 23.5 Å². The Morgan fingerprint density at radius 3 is 2.38 bits per heavy atom. The van der Waals surface area contributed by atoms with E-state index < -0.39 is 6.03 Å². The van der Waals surface area contributed by atoms with Gasteiger partial charge in [-0.25, -0.2) is 10.2 Å². The van der Waals surface area contributed by atoms with E-state index in [-0.39, 0.29) is 5.91 Å². The Morgan fingerprint density at radius 2 is 1.81 bits per heavy atom. The second kappa shape index (κ2) is 5.97. The Labute approximate surface area is 98.1 Å². The molecule has 0 spiro atoms. The number of hydrazine groups is 1. The number of hydrogen-bond donors (Lipinski definition) is 3. The van der Waals surface area contributed by atoms with Gasteiger partial charge in [-0.3, -0.25) is 10.2 Å². The van der Waals surface area contributed by atoms with Gasteiger partial charge in [0.2, 0.25) is 5.91 Å². The monoisotopic (exact) mass is 241 g/mol. The van der Waals surface area contributed by atoms with Crippen LogP contribution in [0.1, 0.15) is 12.5 Å². The molecule has 0 aliphatic carbocycles. The fraction of sp³-hybridized carbons (Fsp3) is 0.200. The van der Waals surface area contributed by atoms with Crippen molar-refractivity contribution in [3.8, 4) is 0 Å². The number of halogens is 1. The molecule has 0 saturated carbocycles. The zero-order chi connectivity index (χ0) is 12.0. The van der Waals surface area contributed by atoms with Gasteiger partial charge in [-0.15, -0.1) is 0 Å². The Bertz CT molecular complexity index is 378. The first-order chi connectivity index (χ1) is 7.58. The third-order valence-electron chi connectivity index (χ3n) is 1.72. The van der Waals surface area contributed by atoms with Crippen molar-refractivity contribution < 1.29 is 9.59 Å². The molecule has 0 fully saturated rings. The van der Waals surface area contributed by atoms with Crippen molar-refractivity contribution in [1.82, 2.24) is 16.2 Å². The number of amides is 3. The van der Waals surface area contributed by atoms with Gasteiger partial charge < -0.3 is 5.32 Å². The van der Waals surface area contributed by atoms with Crippen LogP contribution < -0.4 is 16.2 Å². The van der Waals surface area contributed by atoms with Crippen molar-refractivity contribution in [3.63, 3.8) is 0 Å².